The van der Waals surface area contributed by atoms with E-state index in [0.29, 0.717) is 31.1 Å². The van der Waals surface area contributed by atoms with Crippen LogP contribution >= 0.6 is 11.3 Å². The molecule has 0 bridgehead atoms. The number of benzene rings is 2. The minimum Gasteiger partial charge on any atom is -0.466 e. The molecule has 1 aliphatic heterocycles. The third kappa shape index (κ3) is 6.21. The van der Waals surface area contributed by atoms with E-state index in [4.69, 9.17) is 4.74 Å². The number of likely N-dealkylation sites (tertiary alicyclic amines) is 1. The fraction of sp³-hybridized carbons (Fsp3) is 0.345. The van der Waals surface area contributed by atoms with Crippen molar-refractivity contribution in [3.63, 3.8) is 0 Å². The van der Waals surface area contributed by atoms with E-state index in [0.717, 1.165) is 35.2 Å². The van der Waals surface area contributed by atoms with Gasteiger partial charge in [-0.15, -0.1) is 11.3 Å². The Morgan fingerprint density at radius 3 is 2.53 bits per heavy atom. The van der Waals surface area contributed by atoms with Crippen LogP contribution in [0.25, 0.3) is 0 Å². The third-order valence-electron chi connectivity index (χ3n) is 6.56. The summed E-state index contributed by atoms with van der Waals surface area (Å²) in [5.41, 5.74) is 3.88. The van der Waals surface area contributed by atoms with Crippen molar-refractivity contribution in [2.24, 2.45) is 5.92 Å². The second-order valence-corrected chi connectivity index (χ2v) is 10.0. The van der Waals surface area contributed by atoms with Gasteiger partial charge >= 0.3 is 5.97 Å². The Bertz CT molecular complexity index is 1190. The lowest BCUT2D eigenvalue weighted by atomic mass is 9.97. The van der Waals surface area contributed by atoms with Gasteiger partial charge in [0, 0.05) is 18.8 Å². The number of ether oxygens (including phenoxy) is 1. The predicted octanol–water partition coefficient (Wildman–Crippen LogP) is 5.25. The van der Waals surface area contributed by atoms with Crippen LogP contribution in [0.1, 0.15) is 46.1 Å². The minimum atomic E-state index is -0.247. The predicted molar refractivity (Wildman–Crippen MR) is 142 cm³/mol. The lowest BCUT2D eigenvalue weighted by molar-refractivity contribution is -0.151. The summed E-state index contributed by atoms with van der Waals surface area (Å²) >= 11 is 1.43. The van der Waals surface area contributed by atoms with Gasteiger partial charge in [0.2, 0.25) is 5.91 Å². The molecule has 0 spiro atoms. The molecule has 2 aromatic carbocycles. The van der Waals surface area contributed by atoms with Crippen LogP contribution in [0, 0.1) is 12.8 Å². The summed E-state index contributed by atoms with van der Waals surface area (Å²) in [6, 6.07) is 19.4. The molecule has 1 aromatic heterocycles. The summed E-state index contributed by atoms with van der Waals surface area (Å²) in [6.07, 6.45) is 1.81. The Labute approximate surface area is 216 Å². The maximum Gasteiger partial charge on any atom is 0.310 e. The van der Waals surface area contributed by atoms with Crippen molar-refractivity contribution in [2.45, 2.75) is 39.7 Å². The number of aryl methyl sites for hydroxylation is 1. The Morgan fingerprint density at radius 2 is 1.83 bits per heavy atom. The largest absolute Gasteiger partial charge is 0.466 e. The first-order valence-electron chi connectivity index (χ1n) is 12.4. The highest BCUT2D eigenvalue weighted by atomic mass is 32.1. The second-order valence-electron chi connectivity index (χ2n) is 9.07. The second kappa shape index (κ2) is 12.0. The number of thiophene rings is 1. The number of esters is 1. The van der Waals surface area contributed by atoms with Gasteiger partial charge in [0.15, 0.2) is 0 Å². The van der Waals surface area contributed by atoms with Crippen molar-refractivity contribution < 1.29 is 19.1 Å². The number of hydrogen-bond donors (Lipinski definition) is 0. The number of anilines is 1. The van der Waals surface area contributed by atoms with Gasteiger partial charge in [0.25, 0.3) is 5.91 Å². The zero-order valence-electron chi connectivity index (χ0n) is 20.8. The van der Waals surface area contributed by atoms with Gasteiger partial charge in [0.05, 0.1) is 30.4 Å². The first-order valence-corrected chi connectivity index (χ1v) is 13.3. The molecule has 188 valence electrons. The number of nitrogens with zero attached hydrogens (tertiary/aromatic N) is 2. The van der Waals surface area contributed by atoms with E-state index in [1.54, 1.807) is 16.7 Å². The van der Waals surface area contributed by atoms with E-state index in [2.05, 4.69) is 0 Å². The normalized spacial score (nSPS) is 15.4. The molecule has 2 amide bonds. The topological polar surface area (TPSA) is 66.9 Å². The van der Waals surface area contributed by atoms with Crippen LogP contribution in [0.4, 0.5) is 5.69 Å². The van der Waals surface area contributed by atoms with Crippen LogP contribution in [0.15, 0.2) is 66.0 Å². The van der Waals surface area contributed by atoms with Gasteiger partial charge in [0.1, 0.15) is 0 Å². The van der Waals surface area contributed by atoms with Crippen molar-refractivity contribution >= 4 is 34.8 Å². The molecule has 0 saturated carbocycles. The van der Waals surface area contributed by atoms with Gasteiger partial charge in [-0.25, -0.2) is 0 Å². The van der Waals surface area contributed by atoms with Gasteiger partial charge in [-0.2, -0.15) is 0 Å². The number of carbonyl (C=O) groups is 3. The number of piperidine rings is 1. The molecule has 1 saturated heterocycles. The zero-order valence-corrected chi connectivity index (χ0v) is 21.6. The molecular formula is C29H32N2O4S. The van der Waals surface area contributed by atoms with Crippen LogP contribution in [-0.4, -0.2) is 42.4 Å². The van der Waals surface area contributed by atoms with Crippen LogP contribution < -0.4 is 4.90 Å². The molecule has 4 rings (SSSR count). The van der Waals surface area contributed by atoms with Crippen molar-refractivity contribution in [1.82, 2.24) is 4.90 Å². The number of amides is 2. The molecule has 0 aliphatic carbocycles. The van der Waals surface area contributed by atoms with Gasteiger partial charge in [-0.05, 0) is 67.0 Å². The smallest absolute Gasteiger partial charge is 0.310 e. The highest BCUT2D eigenvalue weighted by molar-refractivity contribution is 7.12. The lowest BCUT2D eigenvalue weighted by Crippen LogP contribution is -2.43. The fourth-order valence-electron chi connectivity index (χ4n) is 4.51. The fourth-order valence-corrected chi connectivity index (χ4v) is 5.18. The minimum absolute atomic E-state index is 0.00294. The van der Waals surface area contributed by atoms with Gasteiger partial charge in [-0.1, -0.05) is 42.5 Å². The van der Waals surface area contributed by atoms with E-state index in [9.17, 15) is 14.4 Å². The molecular weight excluding hydrogens is 472 g/mol. The first-order chi connectivity index (χ1) is 17.5. The van der Waals surface area contributed by atoms with Crippen LogP contribution in [-0.2, 0) is 27.3 Å². The maximum atomic E-state index is 13.4. The Kier molecular flexibility index (Phi) is 8.54. The third-order valence-corrected chi connectivity index (χ3v) is 7.42. The highest BCUT2D eigenvalue weighted by Crippen LogP contribution is 2.25. The van der Waals surface area contributed by atoms with E-state index < -0.39 is 0 Å². The molecule has 3 aromatic rings. The van der Waals surface area contributed by atoms with Crippen LogP contribution in [0.2, 0.25) is 0 Å². The Hall–Kier alpha value is -3.45. The Morgan fingerprint density at radius 1 is 1.06 bits per heavy atom. The monoisotopic (exact) mass is 504 g/mol. The molecule has 0 N–H and O–H groups in total. The average molecular weight is 505 g/mol. The molecule has 2 heterocycles. The molecule has 1 aliphatic rings. The summed E-state index contributed by atoms with van der Waals surface area (Å²) < 4.78 is 5.15. The molecule has 1 fully saturated rings. The molecule has 1 atom stereocenters. The summed E-state index contributed by atoms with van der Waals surface area (Å²) in [4.78, 5) is 42.7. The standard InChI is InChI=1S/C29H32N2O4S/c1-3-35-29(34)24-10-6-16-30(19-24)27(32)18-22-12-14-25(15-13-22)31(28(33)26-11-7-17-36-26)20-23-9-5-4-8-21(23)2/h4-5,7-9,11-15,17,24H,3,6,10,16,18-20H2,1-2H3/t24-/m0/s1. The molecule has 7 heteroatoms. The highest BCUT2D eigenvalue weighted by Gasteiger charge is 2.29. The maximum absolute atomic E-state index is 13.4. The number of rotatable bonds is 8. The lowest BCUT2D eigenvalue weighted by Gasteiger charge is -2.31. The molecule has 6 nitrogen and oxygen atoms in total. The quantitative estimate of drug-likeness (QED) is 0.393. The summed E-state index contributed by atoms with van der Waals surface area (Å²) in [5, 5.41) is 1.90. The number of carbonyl (C=O) groups excluding carboxylic acids is 3. The van der Waals surface area contributed by atoms with E-state index >= 15 is 0 Å². The van der Waals surface area contributed by atoms with E-state index in [1.807, 2.05) is 73.0 Å². The molecule has 0 unspecified atom stereocenters. The first kappa shape index (κ1) is 25.6. The van der Waals surface area contributed by atoms with Crippen molar-refractivity contribution in [3.05, 3.63) is 87.6 Å². The zero-order chi connectivity index (χ0) is 25.5. The SMILES string of the molecule is CCOC(=O)[C@H]1CCCN(C(=O)Cc2ccc(N(Cc3ccccc3C)C(=O)c3cccs3)cc2)C1. The molecule has 0 radical (unpaired) electrons. The number of hydrogen-bond acceptors (Lipinski definition) is 5. The van der Waals surface area contributed by atoms with E-state index in [-0.39, 0.29) is 30.1 Å². The molecule has 36 heavy (non-hydrogen) atoms. The van der Waals surface area contributed by atoms with Crippen molar-refractivity contribution in [3.8, 4) is 0 Å². The summed E-state index contributed by atoms with van der Waals surface area (Å²) in [7, 11) is 0. The Balaban J connectivity index is 1.47. The van der Waals surface area contributed by atoms with Crippen LogP contribution in [0.5, 0.6) is 0 Å². The van der Waals surface area contributed by atoms with Crippen molar-refractivity contribution in [1.29, 1.82) is 0 Å². The van der Waals surface area contributed by atoms with E-state index in [1.165, 1.54) is 11.3 Å². The van der Waals surface area contributed by atoms with Gasteiger partial charge in [-0.3, -0.25) is 14.4 Å². The van der Waals surface area contributed by atoms with Crippen LogP contribution in [0.3, 0.4) is 0 Å². The van der Waals surface area contributed by atoms with Gasteiger partial charge < -0.3 is 14.5 Å². The average Bonchev–Trinajstić information content (AvgIpc) is 3.44. The summed E-state index contributed by atoms with van der Waals surface area (Å²) in [6.45, 7) is 5.73. The summed E-state index contributed by atoms with van der Waals surface area (Å²) in [5.74, 6) is -0.509. The van der Waals surface area contributed by atoms with Crippen molar-refractivity contribution in [2.75, 3.05) is 24.6 Å².